The summed E-state index contributed by atoms with van der Waals surface area (Å²) in [6, 6.07) is 7.52. The quantitative estimate of drug-likeness (QED) is 0.813. The zero-order valence-corrected chi connectivity index (χ0v) is 11.6. The number of amides is 1. The molecule has 1 fully saturated rings. The number of carboxylic acid groups (broad SMARTS) is 1. The first-order valence-electron chi connectivity index (χ1n) is 6.23. The average Bonchev–Trinajstić information content (AvgIpc) is 2.34. The third kappa shape index (κ3) is 3.10. The molecule has 0 aromatic heterocycles. The Morgan fingerprint density at radius 3 is 2.37 bits per heavy atom. The number of benzene rings is 1. The molecule has 0 spiro atoms. The lowest BCUT2D eigenvalue weighted by Crippen LogP contribution is -2.41. The van der Waals surface area contributed by atoms with E-state index in [1.54, 1.807) is 11.8 Å². The molecule has 19 heavy (non-hydrogen) atoms. The highest BCUT2D eigenvalue weighted by Crippen LogP contribution is 2.44. The highest BCUT2D eigenvalue weighted by Gasteiger charge is 2.45. The van der Waals surface area contributed by atoms with E-state index in [1.165, 1.54) is 0 Å². The Balaban J connectivity index is 1.95. The van der Waals surface area contributed by atoms with Crippen LogP contribution in [0.1, 0.15) is 25.7 Å². The van der Waals surface area contributed by atoms with Crippen molar-refractivity contribution < 1.29 is 14.7 Å². The van der Waals surface area contributed by atoms with Crippen LogP contribution in [0.25, 0.3) is 0 Å². The summed E-state index contributed by atoms with van der Waals surface area (Å²) in [5.41, 5.74) is -0.119. The number of carbonyl (C=O) groups is 2. The molecule has 0 aliphatic heterocycles. The topological polar surface area (TPSA) is 66.4 Å². The molecule has 1 amide bonds. The van der Waals surface area contributed by atoms with Gasteiger partial charge in [-0.25, -0.2) is 0 Å². The largest absolute Gasteiger partial charge is 0.481 e. The molecule has 0 radical (unpaired) electrons. The number of rotatable bonds is 5. The van der Waals surface area contributed by atoms with Gasteiger partial charge in [-0.1, -0.05) is 6.42 Å². The molecule has 102 valence electrons. The minimum absolute atomic E-state index is 0.0621. The highest BCUT2D eigenvalue weighted by atomic mass is 32.2. The third-order valence-electron chi connectivity index (χ3n) is 3.64. The maximum atomic E-state index is 11.9. The van der Waals surface area contributed by atoms with Crippen molar-refractivity contribution in [3.05, 3.63) is 24.3 Å². The molecular formula is C14H17NO3S. The average molecular weight is 279 g/mol. The van der Waals surface area contributed by atoms with E-state index < -0.39 is 11.4 Å². The van der Waals surface area contributed by atoms with Crippen molar-refractivity contribution in [2.45, 2.75) is 30.6 Å². The Kier molecular flexibility index (Phi) is 4.14. The summed E-state index contributed by atoms with van der Waals surface area (Å²) in [4.78, 5) is 24.2. The molecule has 0 unspecified atom stereocenters. The third-order valence-corrected chi connectivity index (χ3v) is 4.38. The number of aliphatic carboxylic acids is 1. The van der Waals surface area contributed by atoms with Crippen molar-refractivity contribution in [2.24, 2.45) is 5.41 Å². The fraction of sp³-hybridized carbons (Fsp3) is 0.429. The number of hydrogen-bond acceptors (Lipinski definition) is 3. The van der Waals surface area contributed by atoms with Crippen LogP contribution in [0.15, 0.2) is 29.2 Å². The minimum Gasteiger partial charge on any atom is -0.481 e. The number of carbonyl (C=O) groups excluding carboxylic acids is 1. The minimum atomic E-state index is -0.855. The monoisotopic (exact) mass is 279 g/mol. The predicted molar refractivity (Wildman–Crippen MR) is 75.4 cm³/mol. The Hall–Kier alpha value is -1.49. The van der Waals surface area contributed by atoms with E-state index in [-0.39, 0.29) is 12.3 Å². The molecule has 1 aromatic carbocycles. The van der Waals surface area contributed by atoms with Gasteiger partial charge in [-0.2, -0.15) is 0 Å². The summed E-state index contributed by atoms with van der Waals surface area (Å²) in [7, 11) is 0. The summed E-state index contributed by atoms with van der Waals surface area (Å²) >= 11 is 1.63. The van der Waals surface area contributed by atoms with Gasteiger partial charge in [-0.15, -0.1) is 11.8 Å². The molecular weight excluding hydrogens is 262 g/mol. The van der Waals surface area contributed by atoms with Crippen LogP contribution in [0.2, 0.25) is 0 Å². The van der Waals surface area contributed by atoms with E-state index in [0.29, 0.717) is 18.5 Å². The highest BCUT2D eigenvalue weighted by molar-refractivity contribution is 7.98. The van der Waals surface area contributed by atoms with Crippen molar-refractivity contribution in [1.82, 2.24) is 0 Å². The molecule has 5 heteroatoms. The lowest BCUT2D eigenvalue weighted by molar-refractivity contribution is -0.157. The summed E-state index contributed by atoms with van der Waals surface area (Å²) in [6.07, 6.45) is 4.14. The number of nitrogens with one attached hydrogen (secondary N) is 1. The van der Waals surface area contributed by atoms with Gasteiger partial charge in [-0.3, -0.25) is 9.59 Å². The van der Waals surface area contributed by atoms with E-state index >= 15 is 0 Å². The van der Waals surface area contributed by atoms with Crippen LogP contribution in [0, 0.1) is 5.41 Å². The number of carboxylic acids is 1. The fourth-order valence-corrected chi connectivity index (χ4v) is 2.66. The number of hydrogen-bond donors (Lipinski definition) is 2. The van der Waals surface area contributed by atoms with Gasteiger partial charge < -0.3 is 10.4 Å². The molecule has 0 saturated heterocycles. The van der Waals surface area contributed by atoms with Gasteiger partial charge in [0.1, 0.15) is 0 Å². The van der Waals surface area contributed by atoms with E-state index in [9.17, 15) is 14.7 Å². The second kappa shape index (κ2) is 5.65. The van der Waals surface area contributed by atoms with Crippen LogP contribution >= 0.6 is 11.8 Å². The fourth-order valence-electron chi connectivity index (χ4n) is 2.26. The summed E-state index contributed by atoms with van der Waals surface area (Å²) in [6.45, 7) is 0. The van der Waals surface area contributed by atoms with Crippen molar-refractivity contribution in [3.63, 3.8) is 0 Å². The lowest BCUT2D eigenvalue weighted by Gasteiger charge is -2.36. The van der Waals surface area contributed by atoms with Crippen LogP contribution in [0.3, 0.4) is 0 Å². The second-order valence-electron chi connectivity index (χ2n) is 4.89. The first-order valence-corrected chi connectivity index (χ1v) is 7.45. The smallest absolute Gasteiger partial charge is 0.310 e. The van der Waals surface area contributed by atoms with Crippen LogP contribution < -0.4 is 5.32 Å². The second-order valence-corrected chi connectivity index (χ2v) is 5.77. The summed E-state index contributed by atoms with van der Waals surface area (Å²) < 4.78 is 0. The Labute approximate surface area is 116 Å². The molecule has 4 nitrogen and oxygen atoms in total. The van der Waals surface area contributed by atoms with Crippen molar-refractivity contribution >= 4 is 29.3 Å². The molecule has 0 bridgehead atoms. The van der Waals surface area contributed by atoms with Crippen molar-refractivity contribution in [3.8, 4) is 0 Å². The summed E-state index contributed by atoms with van der Waals surface area (Å²) in [5.74, 6) is -1.08. The maximum Gasteiger partial charge on any atom is 0.310 e. The molecule has 1 aliphatic rings. The summed E-state index contributed by atoms with van der Waals surface area (Å²) in [5, 5.41) is 11.9. The number of anilines is 1. The van der Waals surface area contributed by atoms with Crippen molar-refractivity contribution in [2.75, 3.05) is 11.6 Å². The van der Waals surface area contributed by atoms with Gasteiger partial charge in [-0.05, 0) is 43.4 Å². The lowest BCUT2D eigenvalue weighted by atomic mass is 9.66. The van der Waals surface area contributed by atoms with Crippen LogP contribution in [-0.4, -0.2) is 23.2 Å². The van der Waals surface area contributed by atoms with Crippen LogP contribution in [0.5, 0.6) is 0 Å². The van der Waals surface area contributed by atoms with Crippen molar-refractivity contribution in [1.29, 1.82) is 0 Å². The van der Waals surface area contributed by atoms with E-state index in [4.69, 9.17) is 0 Å². The van der Waals surface area contributed by atoms with Crippen LogP contribution in [-0.2, 0) is 9.59 Å². The molecule has 0 atom stereocenters. The standard InChI is InChI=1S/C14H17NO3S/c1-19-11-5-3-10(4-6-11)15-12(16)9-14(13(17)18)7-2-8-14/h3-6H,2,7-9H2,1H3,(H,15,16)(H,17,18). The Morgan fingerprint density at radius 1 is 1.32 bits per heavy atom. The predicted octanol–water partition coefficient (Wildman–Crippen LogP) is 2.99. The first kappa shape index (κ1) is 13.9. The molecule has 1 aliphatic carbocycles. The van der Waals surface area contributed by atoms with E-state index in [2.05, 4.69) is 5.32 Å². The Morgan fingerprint density at radius 2 is 1.95 bits per heavy atom. The van der Waals surface area contributed by atoms with Gasteiger partial charge >= 0.3 is 5.97 Å². The number of thioether (sulfide) groups is 1. The normalized spacial score (nSPS) is 16.5. The maximum absolute atomic E-state index is 11.9. The van der Waals surface area contributed by atoms with Gasteiger partial charge in [0.2, 0.25) is 5.91 Å². The van der Waals surface area contributed by atoms with E-state index in [0.717, 1.165) is 11.3 Å². The molecule has 2 rings (SSSR count). The SMILES string of the molecule is CSc1ccc(NC(=O)CC2(C(=O)O)CCC2)cc1. The Bertz CT molecular complexity index is 480. The molecule has 2 N–H and O–H groups in total. The van der Waals surface area contributed by atoms with E-state index in [1.807, 2.05) is 30.5 Å². The van der Waals surface area contributed by atoms with Gasteiger partial charge in [0.15, 0.2) is 0 Å². The van der Waals surface area contributed by atoms with Gasteiger partial charge in [0, 0.05) is 17.0 Å². The first-order chi connectivity index (χ1) is 9.05. The molecule has 1 aromatic rings. The zero-order chi connectivity index (χ0) is 13.9. The molecule has 1 saturated carbocycles. The molecule has 0 heterocycles. The van der Waals surface area contributed by atoms with Gasteiger partial charge in [0.25, 0.3) is 0 Å². The van der Waals surface area contributed by atoms with Gasteiger partial charge in [0.05, 0.1) is 5.41 Å². The zero-order valence-electron chi connectivity index (χ0n) is 10.8. The van der Waals surface area contributed by atoms with Crippen LogP contribution in [0.4, 0.5) is 5.69 Å².